The third kappa shape index (κ3) is 4.80. The van der Waals surface area contributed by atoms with Crippen LogP contribution < -0.4 is 10.2 Å². The minimum Gasteiger partial charge on any atom is -0.350 e. The maximum atomic E-state index is 12.9. The lowest BCUT2D eigenvalue weighted by Gasteiger charge is -2.23. The maximum absolute atomic E-state index is 12.9. The zero-order valence-electron chi connectivity index (χ0n) is 13.5. The Hall–Kier alpha value is -2.40. The molecular weight excluding hydrogens is 331 g/mol. The number of nitrogens with one attached hydrogen (secondary N) is 1. The minimum atomic E-state index is -0.329. The van der Waals surface area contributed by atoms with Gasteiger partial charge < -0.3 is 10.2 Å². The average molecular weight is 349 g/mol. The summed E-state index contributed by atoms with van der Waals surface area (Å²) < 4.78 is 12.9. The number of hydrogen-bond donors (Lipinski definition) is 1. The van der Waals surface area contributed by atoms with Crippen LogP contribution in [0.1, 0.15) is 18.1 Å². The second-order valence-corrected chi connectivity index (χ2v) is 5.88. The summed E-state index contributed by atoms with van der Waals surface area (Å²) in [6.45, 7) is 3.39. The number of amides is 2. The summed E-state index contributed by atoms with van der Waals surface area (Å²) in [5.74, 6) is -0.893. The highest BCUT2D eigenvalue weighted by molar-refractivity contribution is 6.31. The van der Waals surface area contributed by atoms with E-state index >= 15 is 0 Å². The number of benzene rings is 2. The largest absolute Gasteiger partial charge is 0.350 e. The lowest BCUT2D eigenvalue weighted by Crippen LogP contribution is -2.40. The van der Waals surface area contributed by atoms with Gasteiger partial charge in [0.05, 0.1) is 0 Å². The van der Waals surface area contributed by atoms with Gasteiger partial charge >= 0.3 is 0 Å². The minimum absolute atomic E-state index is 0.113. The number of aryl methyl sites for hydroxylation is 1. The van der Waals surface area contributed by atoms with Crippen LogP contribution in [0.4, 0.5) is 10.1 Å². The zero-order chi connectivity index (χ0) is 17.7. The highest BCUT2D eigenvalue weighted by Gasteiger charge is 2.17. The van der Waals surface area contributed by atoms with E-state index in [2.05, 4.69) is 5.32 Å². The molecule has 24 heavy (non-hydrogen) atoms. The molecule has 4 nitrogen and oxygen atoms in total. The Bertz CT molecular complexity index is 747. The maximum Gasteiger partial charge on any atom is 0.240 e. The Morgan fingerprint density at radius 3 is 2.46 bits per heavy atom. The second kappa shape index (κ2) is 7.93. The zero-order valence-corrected chi connectivity index (χ0v) is 14.2. The summed E-state index contributed by atoms with van der Waals surface area (Å²) in [4.78, 5) is 25.4. The fraction of sp³-hybridized carbons (Fsp3) is 0.222. The molecule has 0 saturated carbocycles. The lowest BCUT2D eigenvalue weighted by atomic mass is 10.1. The third-order valence-electron chi connectivity index (χ3n) is 3.55. The Kier molecular flexibility index (Phi) is 5.93. The van der Waals surface area contributed by atoms with E-state index in [4.69, 9.17) is 11.6 Å². The highest BCUT2D eigenvalue weighted by Crippen LogP contribution is 2.24. The van der Waals surface area contributed by atoms with E-state index in [0.717, 1.165) is 11.1 Å². The van der Waals surface area contributed by atoms with E-state index in [-0.39, 0.29) is 30.7 Å². The number of nitrogens with zero attached hydrogens (tertiary/aromatic N) is 1. The van der Waals surface area contributed by atoms with E-state index in [9.17, 15) is 14.0 Å². The van der Waals surface area contributed by atoms with Crippen LogP contribution in [0.15, 0.2) is 42.5 Å². The first kappa shape index (κ1) is 17.9. The highest BCUT2D eigenvalue weighted by atomic mass is 35.5. The van der Waals surface area contributed by atoms with Crippen molar-refractivity contribution in [2.45, 2.75) is 20.4 Å². The molecule has 0 unspecified atom stereocenters. The fourth-order valence-electron chi connectivity index (χ4n) is 2.24. The SMILES string of the molecule is CC(=O)N(CC(=O)NCc1ccc(F)cc1)c1cc(Cl)ccc1C. The van der Waals surface area contributed by atoms with Crippen molar-refractivity contribution in [3.63, 3.8) is 0 Å². The summed E-state index contributed by atoms with van der Waals surface area (Å²) in [6, 6.07) is 11.0. The number of rotatable bonds is 5. The van der Waals surface area contributed by atoms with E-state index in [1.54, 1.807) is 30.3 Å². The third-order valence-corrected chi connectivity index (χ3v) is 3.78. The standard InChI is InChI=1S/C18H18ClFN2O2/c1-12-3-6-15(19)9-17(12)22(13(2)23)11-18(24)21-10-14-4-7-16(20)8-5-14/h3-9H,10-11H2,1-2H3,(H,21,24). The summed E-state index contributed by atoms with van der Waals surface area (Å²) in [7, 11) is 0. The van der Waals surface area contributed by atoms with Gasteiger partial charge in [0.15, 0.2) is 0 Å². The molecule has 2 amide bonds. The van der Waals surface area contributed by atoms with Crippen LogP contribution in [-0.4, -0.2) is 18.4 Å². The van der Waals surface area contributed by atoms with Crippen LogP contribution in [0.2, 0.25) is 5.02 Å². The van der Waals surface area contributed by atoms with Gasteiger partial charge in [-0.3, -0.25) is 9.59 Å². The number of halogens is 2. The van der Waals surface area contributed by atoms with Crippen molar-refractivity contribution in [1.82, 2.24) is 5.32 Å². The molecule has 0 spiro atoms. The van der Waals surface area contributed by atoms with Gasteiger partial charge in [0, 0.05) is 24.2 Å². The topological polar surface area (TPSA) is 49.4 Å². The van der Waals surface area contributed by atoms with Gasteiger partial charge in [-0.25, -0.2) is 4.39 Å². The van der Waals surface area contributed by atoms with Gasteiger partial charge in [-0.05, 0) is 42.3 Å². The van der Waals surface area contributed by atoms with E-state index < -0.39 is 0 Å². The fourth-order valence-corrected chi connectivity index (χ4v) is 2.41. The molecule has 0 aliphatic carbocycles. The normalized spacial score (nSPS) is 10.3. The quantitative estimate of drug-likeness (QED) is 0.899. The van der Waals surface area contributed by atoms with Crippen molar-refractivity contribution >= 4 is 29.1 Å². The van der Waals surface area contributed by atoms with Gasteiger partial charge in [-0.2, -0.15) is 0 Å². The molecule has 0 heterocycles. The summed E-state index contributed by atoms with van der Waals surface area (Å²) in [6.07, 6.45) is 0. The van der Waals surface area contributed by atoms with Crippen LogP contribution in [0.25, 0.3) is 0 Å². The smallest absolute Gasteiger partial charge is 0.240 e. The molecule has 0 bridgehead atoms. The van der Waals surface area contributed by atoms with Crippen molar-refractivity contribution in [3.05, 3.63) is 64.4 Å². The first-order valence-corrected chi connectivity index (χ1v) is 7.80. The molecule has 0 aliphatic heterocycles. The van der Waals surface area contributed by atoms with E-state index in [0.29, 0.717) is 10.7 Å². The van der Waals surface area contributed by atoms with Gasteiger partial charge in [0.25, 0.3) is 0 Å². The molecule has 0 atom stereocenters. The number of carbonyl (C=O) groups is 2. The van der Waals surface area contributed by atoms with Gasteiger partial charge in [0.1, 0.15) is 12.4 Å². The average Bonchev–Trinajstić information content (AvgIpc) is 2.54. The lowest BCUT2D eigenvalue weighted by molar-refractivity contribution is -0.123. The predicted octanol–water partition coefficient (Wildman–Crippen LogP) is 3.46. The van der Waals surface area contributed by atoms with Crippen LogP contribution in [0.5, 0.6) is 0 Å². The summed E-state index contributed by atoms with van der Waals surface area (Å²) >= 11 is 5.99. The van der Waals surface area contributed by atoms with E-state index in [1.165, 1.54) is 24.0 Å². The van der Waals surface area contributed by atoms with Gasteiger partial charge in [0.2, 0.25) is 11.8 Å². The predicted molar refractivity (Wildman–Crippen MR) is 92.5 cm³/mol. The molecule has 0 saturated heterocycles. The second-order valence-electron chi connectivity index (χ2n) is 5.44. The van der Waals surface area contributed by atoms with Gasteiger partial charge in [-0.15, -0.1) is 0 Å². The van der Waals surface area contributed by atoms with Gasteiger partial charge in [-0.1, -0.05) is 29.8 Å². The monoisotopic (exact) mass is 348 g/mol. The molecule has 126 valence electrons. The first-order chi connectivity index (χ1) is 11.4. The Morgan fingerprint density at radius 2 is 1.83 bits per heavy atom. The Balaban J connectivity index is 2.04. The van der Waals surface area contributed by atoms with E-state index in [1.807, 2.05) is 6.92 Å². The molecule has 1 N–H and O–H groups in total. The van der Waals surface area contributed by atoms with Crippen LogP contribution >= 0.6 is 11.6 Å². The molecule has 2 aromatic rings. The summed E-state index contributed by atoms with van der Waals surface area (Å²) in [5, 5.41) is 3.21. The Labute approximate surface area is 145 Å². The van der Waals surface area contributed by atoms with Crippen molar-refractivity contribution in [2.24, 2.45) is 0 Å². The summed E-state index contributed by atoms with van der Waals surface area (Å²) in [5.41, 5.74) is 2.23. The molecule has 2 aromatic carbocycles. The van der Waals surface area contributed by atoms with Crippen molar-refractivity contribution < 1.29 is 14.0 Å². The number of anilines is 1. The molecule has 0 aromatic heterocycles. The first-order valence-electron chi connectivity index (χ1n) is 7.42. The molecule has 6 heteroatoms. The van der Waals surface area contributed by atoms with Crippen molar-refractivity contribution in [2.75, 3.05) is 11.4 Å². The molecule has 2 rings (SSSR count). The molecule has 0 radical (unpaired) electrons. The van der Waals surface area contributed by atoms with Crippen LogP contribution in [-0.2, 0) is 16.1 Å². The Morgan fingerprint density at radius 1 is 1.17 bits per heavy atom. The van der Waals surface area contributed by atoms with Crippen molar-refractivity contribution in [1.29, 1.82) is 0 Å². The van der Waals surface area contributed by atoms with Crippen LogP contribution in [0.3, 0.4) is 0 Å². The molecular formula is C18H18ClFN2O2. The molecule has 0 fully saturated rings. The molecule has 0 aliphatic rings. The number of hydrogen-bond acceptors (Lipinski definition) is 2. The van der Waals surface area contributed by atoms with Crippen molar-refractivity contribution in [3.8, 4) is 0 Å². The van der Waals surface area contributed by atoms with Crippen LogP contribution in [0, 0.1) is 12.7 Å². The number of carbonyl (C=O) groups excluding carboxylic acids is 2.